The fraction of sp³-hybridized carbons (Fsp3) is 0.733. The van der Waals surface area contributed by atoms with Crippen LogP contribution >= 0.6 is 0 Å². The predicted octanol–water partition coefficient (Wildman–Crippen LogP) is 2.72. The molecule has 1 saturated carbocycles. The molecule has 0 saturated heterocycles. The highest BCUT2D eigenvalue weighted by Gasteiger charge is 2.47. The summed E-state index contributed by atoms with van der Waals surface area (Å²) in [7, 11) is 0. The predicted molar refractivity (Wildman–Crippen MR) is 77.9 cm³/mol. The Labute approximate surface area is 128 Å². The van der Waals surface area contributed by atoms with Crippen LogP contribution in [0.4, 0.5) is 8.78 Å². The van der Waals surface area contributed by atoms with E-state index in [-0.39, 0.29) is 25.7 Å². The maximum Gasteiger partial charge on any atom is 0.323 e. The molecule has 1 aromatic rings. The van der Waals surface area contributed by atoms with E-state index in [1.54, 1.807) is 6.20 Å². The van der Waals surface area contributed by atoms with Crippen molar-refractivity contribution >= 4 is 5.97 Å². The van der Waals surface area contributed by atoms with Gasteiger partial charge in [0.15, 0.2) is 0 Å². The number of carboxylic acid groups (broad SMARTS) is 1. The van der Waals surface area contributed by atoms with Crippen LogP contribution in [0.3, 0.4) is 0 Å². The molecule has 1 aromatic heterocycles. The van der Waals surface area contributed by atoms with Crippen molar-refractivity contribution in [3.63, 3.8) is 0 Å². The van der Waals surface area contributed by atoms with E-state index in [2.05, 4.69) is 17.3 Å². The zero-order valence-corrected chi connectivity index (χ0v) is 13.0. The van der Waals surface area contributed by atoms with E-state index in [1.165, 1.54) is 0 Å². The zero-order valence-electron chi connectivity index (χ0n) is 13.0. The number of aromatic nitrogens is 2. The van der Waals surface area contributed by atoms with Gasteiger partial charge in [0.25, 0.3) is 0 Å². The molecule has 0 bridgehead atoms. The number of rotatable bonds is 6. The van der Waals surface area contributed by atoms with Crippen molar-refractivity contribution in [1.29, 1.82) is 0 Å². The van der Waals surface area contributed by atoms with Gasteiger partial charge < -0.3 is 5.11 Å². The highest BCUT2D eigenvalue weighted by Crippen LogP contribution is 2.38. The lowest BCUT2D eigenvalue weighted by Crippen LogP contribution is -2.55. The van der Waals surface area contributed by atoms with Gasteiger partial charge >= 0.3 is 5.97 Å². The van der Waals surface area contributed by atoms with Crippen molar-refractivity contribution in [1.82, 2.24) is 15.1 Å². The summed E-state index contributed by atoms with van der Waals surface area (Å²) in [5, 5.41) is 16.7. The summed E-state index contributed by atoms with van der Waals surface area (Å²) in [4.78, 5) is 11.6. The first-order chi connectivity index (χ1) is 10.3. The van der Waals surface area contributed by atoms with Crippen LogP contribution in [-0.4, -0.2) is 32.3 Å². The van der Waals surface area contributed by atoms with Crippen LogP contribution in [0.5, 0.6) is 0 Å². The highest BCUT2D eigenvalue weighted by atomic mass is 19.3. The van der Waals surface area contributed by atoms with Crippen molar-refractivity contribution in [2.45, 2.75) is 70.5 Å². The number of nitrogens with one attached hydrogen (secondary N) is 1. The van der Waals surface area contributed by atoms with Crippen LogP contribution in [0.25, 0.3) is 0 Å². The molecule has 5 nitrogen and oxygen atoms in total. The molecule has 0 aliphatic heterocycles. The van der Waals surface area contributed by atoms with Crippen LogP contribution in [0.2, 0.25) is 0 Å². The minimum absolute atomic E-state index is 0.0581. The minimum atomic E-state index is -2.75. The molecule has 1 fully saturated rings. The van der Waals surface area contributed by atoms with E-state index >= 15 is 0 Å². The number of carbonyl (C=O) groups is 1. The molecule has 0 aromatic carbocycles. The lowest BCUT2D eigenvalue weighted by molar-refractivity contribution is -0.150. The van der Waals surface area contributed by atoms with Gasteiger partial charge in [0.2, 0.25) is 5.92 Å². The first-order valence-electron chi connectivity index (χ1n) is 7.67. The number of nitrogens with zero attached hydrogens (tertiary/aromatic N) is 2. The fourth-order valence-electron chi connectivity index (χ4n) is 2.87. The second kappa shape index (κ2) is 6.32. The van der Waals surface area contributed by atoms with E-state index < -0.39 is 17.4 Å². The van der Waals surface area contributed by atoms with E-state index in [9.17, 15) is 18.7 Å². The Morgan fingerprint density at radius 3 is 2.59 bits per heavy atom. The molecule has 0 amide bonds. The lowest BCUT2D eigenvalue weighted by Gasteiger charge is -2.37. The molecular formula is C15H23F2N3O2. The van der Waals surface area contributed by atoms with Gasteiger partial charge in [-0.15, -0.1) is 0 Å². The molecular weight excluding hydrogens is 292 g/mol. The summed E-state index contributed by atoms with van der Waals surface area (Å²) in [6.45, 7) is 5.12. The molecule has 2 N–H and O–H groups in total. The van der Waals surface area contributed by atoms with Gasteiger partial charge in [-0.05, 0) is 26.2 Å². The summed E-state index contributed by atoms with van der Waals surface area (Å²) in [6, 6.07) is 0. The molecule has 0 radical (unpaired) electrons. The summed E-state index contributed by atoms with van der Waals surface area (Å²) < 4.78 is 28.5. The molecule has 0 atom stereocenters. The number of alkyl halides is 2. The first-order valence-corrected chi connectivity index (χ1v) is 7.67. The van der Waals surface area contributed by atoms with Gasteiger partial charge in [-0.3, -0.25) is 14.8 Å². The lowest BCUT2D eigenvalue weighted by atomic mass is 9.79. The zero-order chi connectivity index (χ0) is 16.4. The SMILES string of the molecule is CCCn1ncc(CNC2(C(=O)O)CCC(F)(F)CC2)c1C. The summed E-state index contributed by atoms with van der Waals surface area (Å²) in [5.41, 5.74) is 0.628. The third-order valence-corrected chi connectivity index (χ3v) is 4.50. The Bertz CT molecular complexity index is 533. The summed E-state index contributed by atoms with van der Waals surface area (Å²) in [5.74, 6) is -3.80. The normalized spacial score (nSPS) is 20.0. The largest absolute Gasteiger partial charge is 0.480 e. The van der Waals surface area contributed by atoms with Gasteiger partial charge in [0, 0.05) is 37.2 Å². The minimum Gasteiger partial charge on any atom is -0.480 e. The van der Waals surface area contributed by atoms with Crippen molar-refractivity contribution in [2.75, 3.05) is 0 Å². The summed E-state index contributed by atoms with van der Waals surface area (Å²) in [6.07, 6.45) is 1.78. The Morgan fingerprint density at radius 2 is 2.05 bits per heavy atom. The first kappa shape index (κ1) is 16.9. The van der Waals surface area contributed by atoms with E-state index in [4.69, 9.17) is 0 Å². The molecule has 22 heavy (non-hydrogen) atoms. The van der Waals surface area contributed by atoms with Crippen molar-refractivity contribution in [3.05, 3.63) is 17.5 Å². The van der Waals surface area contributed by atoms with Gasteiger partial charge in [-0.2, -0.15) is 5.10 Å². The number of aryl methyl sites for hydroxylation is 1. The van der Waals surface area contributed by atoms with Crippen molar-refractivity contribution < 1.29 is 18.7 Å². The topological polar surface area (TPSA) is 67.2 Å². The smallest absolute Gasteiger partial charge is 0.323 e. The molecule has 7 heteroatoms. The van der Waals surface area contributed by atoms with Gasteiger partial charge in [0.05, 0.1) is 6.20 Å². The van der Waals surface area contributed by atoms with Crippen LogP contribution in [-0.2, 0) is 17.9 Å². The Balaban J connectivity index is 2.06. The Morgan fingerprint density at radius 1 is 1.41 bits per heavy atom. The highest BCUT2D eigenvalue weighted by molar-refractivity contribution is 5.79. The maximum absolute atomic E-state index is 13.3. The second-order valence-electron chi connectivity index (χ2n) is 6.08. The molecule has 1 aliphatic carbocycles. The number of hydrogen-bond donors (Lipinski definition) is 2. The van der Waals surface area contributed by atoms with E-state index in [0.717, 1.165) is 24.2 Å². The van der Waals surface area contributed by atoms with Gasteiger partial charge in [0.1, 0.15) is 5.54 Å². The summed E-state index contributed by atoms with van der Waals surface area (Å²) >= 11 is 0. The number of carboxylic acids is 1. The molecule has 0 spiro atoms. The average Bonchev–Trinajstić information content (AvgIpc) is 2.80. The molecule has 124 valence electrons. The van der Waals surface area contributed by atoms with Crippen LogP contribution in [0.1, 0.15) is 50.3 Å². The average molecular weight is 315 g/mol. The van der Waals surface area contributed by atoms with Crippen LogP contribution < -0.4 is 5.32 Å². The monoisotopic (exact) mass is 315 g/mol. The maximum atomic E-state index is 13.3. The number of hydrogen-bond acceptors (Lipinski definition) is 3. The van der Waals surface area contributed by atoms with Crippen molar-refractivity contribution in [2.24, 2.45) is 0 Å². The van der Waals surface area contributed by atoms with Crippen LogP contribution in [0.15, 0.2) is 6.20 Å². The van der Waals surface area contributed by atoms with Gasteiger partial charge in [-0.1, -0.05) is 6.92 Å². The van der Waals surface area contributed by atoms with Crippen LogP contribution in [0, 0.1) is 6.92 Å². The van der Waals surface area contributed by atoms with Gasteiger partial charge in [-0.25, -0.2) is 8.78 Å². The third-order valence-electron chi connectivity index (χ3n) is 4.50. The molecule has 1 aliphatic rings. The Kier molecular flexibility index (Phi) is 4.84. The number of aliphatic carboxylic acids is 1. The third kappa shape index (κ3) is 3.45. The Hall–Kier alpha value is -1.50. The van der Waals surface area contributed by atoms with E-state index in [1.807, 2.05) is 11.6 Å². The molecule has 2 rings (SSSR count). The number of halogens is 2. The molecule has 0 unspecified atom stereocenters. The van der Waals surface area contributed by atoms with Crippen molar-refractivity contribution in [3.8, 4) is 0 Å². The molecule has 1 heterocycles. The van der Waals surface area contributed by atoms with E-state index in [0.29, 0.717) is 6.54 Å². The standard InChI is InChI=1S/C15H23F2N3O2/c1-3-8-20-11(2)12(10-19-20)9-18-14(13(21)22)4-6-15(16,17)7-5-14/h10,18H,3-9H2,1-2H3,(H,21,22). The quantitative estimate of drug-likeness (QED) is 0.847. The fourth-order valence-corrected chi connectivity index (χ4v) is 2.87. The second-order valence-corrected chi connectivity index (χ2v) is 6.08.